The van der Waals surface area contributed by atoms with Crippen LogP contribution in [0, 0.1) is 0 Å². The molecule has 0 saturated carbocycles. The lowest BCUT2D eigenvalue weighted by molar-refractivity contribution is -0.123. The highest BCUT2D eigenvalue weighted by Gasteiger charge is 2.06. The highest BCUT2D eigenvalue weighted by molar-refractivity contribution is 6.12. The summed E-state index contributed by atoms with van der Waals surface area (Å²) in [5.41, 5.74) is 0. The zero-order valence-electron chi connectivity index (χ0n) is 7.29. The molecule has 0 radical (unpaired) electrons. The Morgan fingerprint density at radius 2 is 1.58 bits per heavy atom. The van der Waals surface area contributed by atoms with Crippen LogP contribution in [0.15, 0.2) is 12.2 Å². The van der Waals surface area contributed by atoms with E-state index in [0.717, 1.165) is 13.2 Å². The average molecular weight is 171 g/mol. The van der Waals surface area contributed by atoms with Gasteiger partial charge in [-0.15, -0.1) is 0 Å². The van der Waals surface area contributed by atoms with Crippen LogP contribution in [0.3, 0.4) is 0 Å². The zero-order valence-corrected chi connectivity index (χ0v) is 7.29. The van der Waals surface area contributed by atoms with Crippen molar-refractivity contribution in [2.24, 2.45) is 0 Å². The molecule has 0 atom stereocenters. The van der Waals surface area contributed by atoms with Crippen molar-refractivity contribution in [3.05, 3.63) is 12.2 Å². The smallest absolute Gasteiger partial charge is 0.250 e. The molecule has 1 aliphatic rings. The van der Waals surface area contributed by atoms with Crippen LogP contribution in [0.4, 0.5) is 0 Å². The molecule has 0 aromatic heterocycles. The van der Waals surface area contributed by atoms with Gasteiger partial charge in [0.05, 0.1) is 0 Å². The monoisotopic (exact) mass is 171 g/mol. The molecule has 1 rings (SSSR count). The molecule has 0 aromatic rings. The molecule has 4 heteroatoms. The third-order valence-corrected chi connectivity index (χ3v) is 1.04. The van der Waals surface area contributed by atoms with Gasteiger partial charge in [-0.2, -0.15) is 0 Å². The van der Waals surface area contributed by atoms with Gasteiger partial charge in [0.2, 0.25) is 0 Å². The number of ether oxygens (including phenoxy) is 1. The molecule has 1 N–H and O–H groups in total. The fourth-order valence-electron chi connectivity index (χ4n) is 0.560. The molecular formula is C8H13NO3. The minimum atomic E-state index is -0.329. The molecule has 0 aromatic carbocycles. The number of carbonyl (C=O) groups is 2. The van der Waals surface area contributed by atoms with Crippen molar-refractivity contribution in [2.45, 2.75) is 13.8 Å². The van der Waals surface area contributed by atoms with Crippen LogP contribution in [0.25, 0.3) is 0 Å². The zero-order chi connectivity index (χ0) is 9.40. The fraction of sp³-hybridized carbons (Fsp3) is 0.500. The Labute approximate surface area is 71.6 Å². The summed E-state index contributed by atoms with van der Waals surface area (Å²) in [6.07, 6.45) is 2.39. The Hall–Kier alpha value is -1.16. The third-order valence-electron chi connectivity index (χ3n) is 1.04. The highest BCUT2D eigenvalue weighted by Crippen LogP contribution is 1.82. The summed E-state index contributed by atoms with van der Waals surface area (Å²) in [5.74, 6) is -0.657. The standard InChI is InChI=1S/C4H3NO2.C4H10O/c6-3-1-2-4(7)5-3;1-3-5-4-2/h1-2H,(H,5,6,7);3-4H2,1-2H3. The number of rotatable bonds is 2. The lowest BCUT2D eigenvalue weighted by Gasteiger charge is -1.86. The van der Waals surface area contributed by atoms with Gasteiger partial charge in [-0.1, -0.05) is 0 Å². The normalized spacial score (nSPS) is 13.8. The lowest BCUT2D eigenvalue weighted by Crippen LogP contribution is -2.19. The van der Waals surface area contributed by atoms with Crippen LogP contribution in [-0.4, -0.2) is 25.0 Å². The van der Waals surface area contributed by atoms with E-state index in [1.165, 1.54) is 12.2 Å². The molecule has 0 aliphatic carbocycles. The Bertz CT molecular complexity index is 169. The molecule has 68 valence electrons. The van der Waals surface area contributed by atoms with E-state index in [0.29, 0.717) is 0 Å². The van der Waals surface area contributed by atoms with Gasteiger partial charge >= 0.3 is 0 Å². The van der Waals surface area contributed by atoms with Crippen molar-refractivity contribution in [1.82, 2.24) is 5.32 Å². The molecule has 0 spiro atoms. The van der Waals surface area contributed by atoms with Crippen LogP contribution in [0.2, 0.25) is 0 Å². The van der Waals surface area contributed by atoms with Crippen LogP contribution in [-0.2, 0) is 14.3 Å². The van der Waals surface area contributed by atoms with E-state index < -0.39 is 0 Å². The summed E-state index contributed by atoms with van der Waals surface area (Å²) in [6, 6.07) is 0. The number of hydrogen-bond acceptors (Lipinski definition) is 3. The lowest BCUT2D eigenvalue weighted by atomic mass is 10.6. The van der Waals surface area contributed by atoms with E-state index >= 15 is 0 Å². The van der Waals surface area contributed by atoms with Gasteiger partial charge in [0.1, 0.15) is 0 Å². The largest absolute Gasteiger partial charge is 0.382 e. The summed E-state index contributed by atoms with van der Waals surface area (Å²) in [5, 5.41) is 2.03. The molecule has 12 heavy (non-hydrogen) atoms. The first-order valence-electron chi connectivity index (χ1n) is 3.81. The number of amides is 2. The Kier molecular flexibility index (Phi) is 5.91. The molecule has 0 fully saturated rings. The molecule has 4 nitrogen and oxygen atoms in total. The van der Waals surface area contributed by atoms with Crippen LogP contribution < -0.4 is 5.32 Å². The fourth-order valence-corrected chi connectivity index (χ4v) is 0.560. The summed E-state index contributed by atoms with van der Waals surface area (Å²) in [7, 11) is 0. The number of nitrogens with one attached hydrogen (secondary N) is 1. The third kappa shape index (κ3) is 5.61. The molecule has 1 heterocycles. The second-order valence-electron chi connectivity index (χ2n) is 1.97. The van der Waals surface area contributed by atoms with E-state index in [2.05, 4.69) is 0 Å². The summed E-state index contributed by atoms with van der Waals surface area (Å²) in [4.78, 5) is 20.1. The SMILES string of the molecule is CCOCC.O=C1C=CC(=O)N1. The van der Waals surface area contributed by atoms with Gasteiger partial charge in [0.25, 0.3) is 11.8 Å². The first-order chi connectivity index (χ1) is 5.70. The topological polar surface area (TPSA) is 55.4 Å². The van der Waals surface area contributed by atoms with Crippen molar-refractivity contribution < 1.29 is 14.3 Å². The maximum atomic E-state index is 10.0. The van der Waals surface area contributed by atoms with Gasteiger partial charge in [-0.25, -0.2) is 0 Å². The molecule has 1 aliphatic heterocycles. The van der Waals surface area contributed by atoms with E-state index in [1.54, 1.807) is 0 Å². The van der Waals surface area contributed by atoms with E-state index in [4.69, 9.17) is 4.74 Å². The van der Waals surface area contributed by atoms with Crippen molar-refractivity contribution in [1.29, 1.82) is 0 Å². The maximum absolute atomic E-state index is 10.0. The highest BCUT2D eigenvalue weighted by atomic mass is 16.5. The van der Waals surface area contributed by atoms with E-state index in [9.17, 15) is 9.59 Å². The van der Waals surface area contributed by atoms with Crippen LogP contribution in [0.5, 0.6) is 0 Å². The molecule has 0 saturated heterocycles. The van der Waals surface area contributed by atoms with Gasteiger partial charge in [-0.05, 0) is 13.8 Å². The first-order valence-corrected chi connectivity index (χ1v) is 3.81. The van der Waals surface area contributed by atoms with Crippen LogP contribution >= 0.6 is 0 Å². The summed E-state index contributed by atoms with van der Waals surface area (Å²) < 4.78 is 4.83. The second kappa shape index (κ2) is 6.54. The number of carbonyl (C=O) groups excluding carboxylic acids is 2. The second-order valence-corrected chi connectivity index (χ2v) is 1.97. The van der Waals surface area contributed by atoms with Gasteiger partial charge in [-0.3, -0.25) is 14.9 Å². The van der Waals surface area contributed by atoms with Crippen molar-refractivity contribution in [3.63, 3.8) is 0 Å². The maximum Gasteiger partial charge on any atom is 0.250 e. The van der Waals surface area contributed by atoms with Gasteiger partial charge in [0, 0.05) is 25.4 Å². The Balaban J connectivity index is 0.000000217. The Morgan fingerprint density at radius 3 is 1.67 bits per heavy atom. The van der Waals surface area contributed by atoms with E-state index in [1.807, 2.05) is 19.2 Å². The van der Waals surface area contributed by atoms with E-state index in [-0.39, 0.29) is 11.8 Å². The number of hydrogen-bond donors (Lipinski definition) is 1. The number of imide groups is 1. The Morgan fingerprint density at radius 1 is 1.17 bits per heavy atom. The summed E-state index contributed by atoms with van der Waals surface area (Å²) in [6.45, 7) is 5.67. The molecule has 0 bridgehead atoms. The summed E-state index contributed by atoms with van der Waals surface area (Å²) >= 11 is 0. The van der Waals surface area contributed by atoms with Gasteiger partial charge in [0.15, 0.2) is 0 Å². The van der Waals surface area contributed by atoms with Crippen molar-refractivity contribution in [2.75, 3.05) is 13.2 Å². The molecular weight excluding hydrogens is 158 g/mol. The minimum absolute atomic E-state index is 0.329. The van der Waals surface area contributed by atoms with Crippen LogP contribution in [0.1, 0.15) is 13.8 Å². The quantitative estimate of drug-likeness (QED) is 0.605. The molecule has 2 amide bonds. The predicted octanol–water partition coefficient (Wildman–Crippen LogP) is 0.242. The van der Waals surface area contributed by atoms with Crippen molar-refractivity contribution >= 4 is 11.8 Å². The first kappa shape index (κ1) is 10.8. The predicted molar refractivity (Wildman–Crippen MR) is 44.5 cm³/mol. The minimum Gasteiger partial charge on any atom is -0.382 e. The average Bonchev–Trinajstić information content (AvgIpc) is 2.38. The van der Waals surface area contributed by atoms with Crippen molar-refractivity contribution in [3.8, 4) is 0 Å². The van der Waals surface area contributed by atoms with Gasteiger partial charge < -0.3 is 4.74 Å². The molecule has 0 unspecified atom stereocenters.